The number of amides is 1. The van der Waals surface area contributed by atoms with E-state index in [-0.39, 0.29) is 17.4 Å². The molecule has 2 heterocycles. The van der Waals surface area contributed by atoms with Gasteiger partial charge in [-0.25, -0.2) is 15.0 Å². The molecule has 30 heavy (non-hydrogen) atoms. The number of methoxy groups -OCH3 is 1. The first-order chi connectivity index (χ1) is 14.5. The average Bonchev–Trinajstić information content (AvgIpc) is 3.16. The summed E-state index contributed by atoms with van der Waals surface area (Å²) in [4.78, 5) is 25.0. The van der Waals surface area contributed by atoms with Crippen molar-refractivity contribution in [3.05, 3.63) is 58.8 Å². The van der Waals surface area contributed by atoms with Crippen LogP contribution in [0.25, 0.3) is 10.2 Å². The number of nitrogens with zero attached hydrogens (tertiary/aromatic N) is 3. The fourth-order valence-electron chi connectivity index (χ4n) is 2.57. The summed E-state index contributed by atoms with van der Waals surface area (Å²) in [7, 11) is 1.62. The van der Waals surface area contributed by atoms with Crippen molar-refractivity contribution in [3.63, 3.8) is 0 Å². The predicted molar refractivity (Wildman–Crippen MR) is 121 cm³/mol. The number of anilines is 4. The average molecular weight is 486 g/mol. The fraction of sp³-hybridized carbons (Fsp3) is 0.0526. The van der Waals surface area contributed by atoms with Crippen molar-refractivity contribution in [1.82, 2.24) is 20.4 Å². The molecule has 0 bridgehead atoms. The summed E-state index contributed by atoms with van der Waals surface area (Å²) in [6.45, 7) is 0. The van der Waals surface area contributed by atoms with Crippen LogP contribution in [0.5, 0.6) is 5.75 Å². The van der Waals surface area contributed by atoms with Crippen LogP contribution < -0.4 is 26.6 Å². The minimum atomic E-state index is -0.324. The summed E-state index contributed by atoms with van der Waals surface area (Å²) in [5, 5.41) is 3.72. The van der Waals surface area contributed by atoms with E-state index in [1.807, 2.05) is 18.2 Å². The zero-order chi connectivity index (χ0) is 21.1. The zero-order valence-electron chi connectivity index (χ0n) is 15.6. The largest absolute Gasteiger partial charge is 0.497 e. The smallest absolute Gasteiger partial charge is 0.269 e. The molecular formula is C19H16BrN7O2S. The van der Waals surface area contributed by atoms with Crippen molar-refractivity contribution < 1.29 is 9.53 Å². The standard InChI is InChI=1S/C19H16BrN7O2S/c1-29-12-6-7-13-14(8-12)30-19(24-13)25-16-15(21)17(23-9-22-16)26-27-18(28)10-2-4-11(20)5-3-10/h2-9H,21H2,1H3,(H,27,28)(H2,22,23,24,25,26). The molecule has 4 aromatic rings. The minimum Gasteiger partial charge on any atom is -0.497 e. The molecule has 0 saturated carbocycles. The Morgan fingerprint density at radius 2 is 1.90 bits per heavy atom. The molecule has 0 aliphatic heterocycles. The third kappa shape index (κ3) is 4.26. The van der Waals surface area contributed by atoms with Gasteiger partial charge in [-0.05, 0) is 42.5 Å². The Morgan fingerprint density at radius 1 is 1.13 bits per heavy atom. The lowest BCUT2D eigenvalue weighted by molar-refractivity contribution is 0.0962. The van der Waals surface area contributed by atoms with Crippen LogP contribution in [0, 0.1) is 0 Å². The highest BCUT2D eigenvalue weighted by atomic mass is 79.9. The van der Waals surface area contributed by atoms with Gasteiger partial charge in [0.25, 0.3) is 5.91 Å². The van der Waals surface area contributed by atoms with Crippen molar-refractivity contribution in [3.8, 4) is 5.75 Å². The number of aromatic nitrogens is 3. The number of halogens is 1. The summed E-state index contributed by atoms with van der Waals surface area (Å²) < 4.78 is 7.09. The molecule has 152 valence electrons. The van der Waals surface area contributed by atoms with Crippen molar-refractivity contribution in [2.24, 2.45) is 0 Å². The summed E-state index contributed by atoms with van der Waals surface area (Å²) in [5.74, 6) is 1.07. The molecule has 0 radical (unpaired) electrons. The predicted octanol–water partition coefficient (Wildman–Crippen LogP) is 3.94. The van der Waals surface area contributed by atoms with Crippen LogP contribution in [0.1, 0.15) is 10.4 Å². The third-order valence-corrected chi connectivity index (χ3v) is 5.57. The van der Waals surface area contributed by atoms with E-state index in [1.165, 1.54) is 17.7 Å². The fourth-order valence-corrected chi connectivity index (χ4v) is 3.73. The molecule has 11 heteroatoms. The van der Waals surface area contributed by atoms with Crippen molar-refractivity contribution in [2.75, 3.05) is 23.6 Å². The first kappa shape index (κ1) is 19.9. The topological polar surface area (TPSA) is 127 Å². The number of carbonyl (C=O) groups is 1. The molecular weight excluding hydrogens is 470 g/mol. The lowest BCUT2D eigenvalue weighted by Gasteiger charge is -2.12. The summed E-state index contributed by atoms with van der Waals surface area (Å²) in [6.07, 6.45) is 1.34. The normalized spacial score (nSPS) is 10.6. The summed E-state index contributed by atoms with van der Waals surface area (Å²) >= 11 is 4.78. The minimum absolute atomic E-state index is 0.241. The van der Waals surface area contributed by atoms with E-state index in [2.05, 4.69) is 47.1 Å². The van der Waals surface area contributed by atoms with Crippen LogP contribution in [0.4, 0.5) is 22.5 Å². The molecule has 0 aliphatic rings. The molecule has 0 unspecified atom stereocenters. The second kappa shape index (κ2) is 8.51. The lowest BCUT2D eigenvalue weighted by atomic mass is 10.2. The van der Waals surface area contributed by atoms with Gasteiger partial charge in [-0.15, -0.1) is 0 Å². The third-order valence-electron chi connectivity index (χ3n) is 4.11. The van der Waals surface area contributed by atoms with E-state index in [0.29, 0.717) is 16.5 Å². The monoisotopic (exact) mass is 485 g/mol. The van der Waals surface area contributed by atoms with Crippen LogP contribution in [0.2, 0.25) is 0 Å². The van der Waals surface area contributed by atoms with Gasteiger partial charge < -0.3 is 15.8 Å². The van der Waals surface area contributed by atoms with Gasteiger partial charge in [0.2, 0.25) is 0 Å². The van der Waals surface area contributed by atoms with Crippen LogP contribution in [-0.2, 0) is 0 Å². The van der Waals surface area contributed by atoms with Crippen molar-refractivity contribution in [2.45, 2.75) is 0 Å². The van der Waals surface area contributed by atoms with Crippen molar-refractivity contribution >= 4 is 65.8 Å². The van der Waals surface area contributed by atoms with E-state index in [0.717, 1.165) is 20.4 Å². The Morgan fingerprint density at radius 3 is 2.67 bits per heavy atom. The molecule has 0 fully saturated rings. The van der Waals surface area contributed by atoms with E-state index in [9.17, 15) is 4.79 Å². The Kier molecular flexibility index (Phi) is 5.63. The van der Waals surface area contributed by atoms with Crippen LogP contribution in [0.15, 0.2) is 53.3 Å². The first-order valence-electron chi connectivity index (χ1n) is 8.67. The van der Waals surface area contributed by atoms with Gasteiger partial charge >= 0.3 is 0 Å². The number of fused-ring (bicyclic) bond motifs is 1. The van der Waals surface area contributed by atoms with E-state index >= 15 is 0 Å². The SMILES string of the molecule is COc1ccc2nc(Nc3ncnc(NNC(=O)c4ccc(Br)cc4)c3N)sc2c1. The zero-order valence-corrected chi connectivity index (χ0v) is 18.0. The van der Waals surface area contributed by atoms with Crippen LogP contribution >= 0.6 is 27.3 Å². The van der Waals surface area contributed by atoms with Gasteiger partial charge in [-0.1, -0.05) is 27.3 Å². The van der Waals surface area contributed by atoms with Crippen LogP contribution in [0.3, 0.4) is 0 Å². The number of carbonyl (C=O) groups excluding carboxylic acids is 1. The van der Waals surface area contributed by atoms with Gasteiger partial charge in [0, 0.05) is 10.0 Å². The Balaban J connectivity index is 1.48. The highest BCUT2D eigenvalue weighted by Crippen LogP contribution is 2.32. The van der Waals surface area contributed by atoms with E-state index < -0.39 is 0 Å². The number of hydrogen-bond acceptors (Lipinski definition) is 9. The second-order valence-electron chi connectivity index (χ2n) is 6.05. The molecule has 0 saturated heterocycles. The summed E-state index contributed by atoms with van der Waals surface area (Å²) in [5.41, 5.74) is 13.0. The molecule has 0 aliphatic carbocycles. The van der Waals surface area contributed by atoms with Gasteiger partial charge in [0.05, 0.1) is 17.3 Å². The maximum absolute atomic E-state index is 12.3. The summed E-state index contributed by atoms with van der Waals surface area (Å²) in [6, 6.07) is 12.6. The van der Waals surface area contributed by atoms with Gasteiger partial charge in [0.15, 0.2) is 16.8 Å². The maximum atomic E-state index is 12.3. The quantitative estimate of drug-likeness (QED) is 0.302. The van der Waals surface area contributed by atoms with Gasteiger partial charge in [-0.2, -0.15) is 0 Å². The van der Waals surface area contributed by atoms with E-state index in [4.69, 9.17) is 10.5 Å². The molecule has 4 rings (SSSR count). The second-order valence-corrected chi connectivity index (χ2v) is 7.99. The molecule has 9 nitrogen and oxygen atoms in total. The number of rotatable bonds is 6. The number of ether oxygens (including phenoxy) is 1. The first-order valence-corrected chi connectivity index (χ1v) is 10.3. The van der Waals surface area contributed by atoms with Crippen LogP contribution in [-0.4, -0.2) is 28.0 Å². The Hall–Kier alpha value is -3.44. The number of nitrogen functional groups attached to an aromatic ring is 1. The Labute approximate surface area is 183 Å². The maximum Gasteiger partial charge on any atom is 0.269 e. The Bertz CT molecular complexity index is 1210. The molecule has 2 aromatic heterocycles. The number of nitrogens with two attached hydrogens (primary N) is 1. The number of benzene rings is 2. The molecule has 2 aromatic carbocycles. The van der Waals surface area contributed by atoms with E-state index in [1.54, 1.807) is 31.4 Å². The van der Waals surface area contributed by atoms with Gasteiger partial charge in [-0.3, -0.25) is 15.6 Å². The number of nitrogens with one attached hydrogen (secondary N) is 3. The number of hydrazine groups is 1. The lowest BCUT2D eigenvalue weighted by Crippen LogP contribution is -2.30. The molecule has 5 N–H and O–H groups in total. The van der Waals surface area contributed by atoms with Gasteiger partial charge in [0.1, 0.15) is 17.8 Å². The molecule has 0 spiro atoms. The number of hydrogen-bond donors (Lipinski definition) is 4. The molecule has 0 atom stereocenters. The molecule has 1 amide bonds. The highest BCUT2D eigenvalue weighted by molar-refractivity contribution is 9.10. The number of thiazole rings is 1. The highest BCUT2D eigenvalue weighted by Gasteiger charge is 2.13. The van der Waals surface area contributed by atoms with Crippen molar-refractivity contribution in [1.29, 1.82) is 0 Å².